The molecule has 1 N–H and O–H groups in total. The Morgan fingerprint density at radius 1 is 1.24 bits per heavy atom. The van der Waals surface area contributed by atoms with E-state index in [1.54, 1.807) is 6.07 Å². The number of aromatic nitrogens is 2. The summed E-state index contributed by atoms with van der Waals surface area (Å²) >= 11 is 0. The largest absolute Gasteiger partial charge is 0.351 e. The van der Waals surface area contributed by atoms with Gasteiger partial charge < -0.3 is 19.7 Å². The van der Waals surface area contributed by atoms with Crippen LogP contribution in [-0.4, -0.2) is 54.5 Å². The average molecular weight is 348 g/mol. The van der Waals surface area contributed by atoms with Crippen molar-refractivity contribution in [3.63, 3.8) is 0 Å². The molecule has 138 valence electrons. The fourth-order valence-corrected chi connectivity index (χ4v) is 3.31. The topological polar surface area (TPSA) is 76.6 Å². The number of hydrogen-bond donors (Lipinski definition) is 1. The van der Waals surface area contributed by atoms with Crippen LogP contribution in [0.2, 0.25) is 0 Å². The highest BCUT2D eigenvalue weighted by Crippen LogP contribution is 2.32. The zero-order valence-electron chi connectivity index (χ0n) is 15.2. The van der Waals surface area contributed by atoms with Crippen LogP contribution in [0.5, 0.6) is 0 Å². The van der Waals surface area contributed by atoms with Gasteiger partial charge in [0.2, 0.25) is 5.95 Å². The van der Waals surface area contributed by atoms with Gasteiger partial charge in [0, 0.05) is 38.2 Å². The number of aryl methyl sites for hydroxylation is 1. The second-order valence-corrected chi connectivity index (χ2v) is 6.75. The summed E-state index contributed by atoms with van der Waals surface area (Å²) in [7, 11) is 0. The summed E-state index contributed by atoms with van der Waals surface area (Å²) in [4.78, 5) is 23.5. The summed E-state index contributed by atoms with van der Waals surface area (Å²) in [6.45, 7) is 7.60. The van der Waals surface area contributed by atoms with E-state index in [4.69, 9.17) is 9.47 Å². The number of carbonyl (C=O) groups excluding carboxylic acids is 1. The highest BCUT2D eigenvalue weighted by Gasteiger charge is 2.40. The molecule has 25 heavy (non-hydrogen) atoms. The Morgan fingerprint density at radius 2 is 1.96 bits per heavy atom. The summed E-state index contributed by atoms with van der Waals surface area (Å²) in [6, 6.07) is 1.74. The number of unbranched alkanes of at least 4 members (excludes halogenated alkanes) is 2. The lowest BCUT2D eigenvalue weighted by Gasteiger charge is -2.37. The van der Waals surface area contributed by atoms with Crippen molar-refractivity contribution in [2.45, 2.75) is 51.7 Å². The number of nitrogens with zero attached hydrogens (tertiary/aromatic N) is 3. The molecule has 2 aliphatic rings. The predicted molar refractivity (Wildman–Crippen MR) is 94.7 cm³/mol. The summed E-state index contributed by atoms with van der Waals surface area (Å²) in [5.41, 5.74) is 1.24. The fourth-order valence-electron chi connectivity index (χ4n) is 3.31. The molecule has 1 spiro atoms. The Balaban J connectivity index is 1.62. The first-order valence-electron chi connectivity index (χ1n) is 9.29. The number of hydrogen-bond acceptors (Lipinski definition) is 6. The second kappa shape index (κ2) is 8.10. The van der Waals surface area contributed by atoms with Gasteiger partial charge >= 0.3 is 0 Å². The van der Waals surface area contributed by atoms with E-state index in [1.807, 2.05) is 6.92 Å². The van der Waals surface area contributed by atoms with Crippen molar-refractivity contribution in [1.82, 2.24) is 15.3 Å². The van der Waals surface area contributed by atoms with Crippen LogP contribution in [0.1, 0.15) is 55.2 Å². The van der Waals surface area contributed by atoms with E-state index >= 15 is 0 Å². The minimum absolute atomic E-state index is 0.126. The molecule has 2 aliphatic heterocycles. The molecule has 7 heteroatoms. The molecule has 0 radical (unpaired) electrons. The van der Waals surface area contributed by atoms with Gasteiger partial charge in [0.25, 0.3) is 5.91 Å². The van der Waals surface area contributed by atoms with Crippen molar-refractivity contribution in [1.29, 1.82) is 0 Å². The molecule has 0 aliphatic carbocycles. The third-order valence-corrected chi connectivity index (χ3v) is 4.76. The van der Waals surface area contributed by atoms with Crippen LogP contribution < -0.4 is 10.2 Å². The van der Waals surface area contributed by atoms with Crippen molar-refractivity contribution in [2.75, 3.05) is 37.7 Å². The molecule has 3 rings (SSSR count). The van der Waals surface area contributed by atoms with Crippen molar-refractivity contribution in [3.8, 4) is 0 Å². The Bertz CT molecular complexity index is 592. The predicted octanol–water partition coefficient (Wildman–Crippen LogP) is 2.05. The molecule has 0 saturated carbocycles. The van der Waals surface area contributed by atoms with Gasteiger partial charge in [0.15, 0.2) is 5.79 Å². The van der Waals surface area contributed by atoms with E-state index in [9.17, 15) is 4.79 Å². The first kappa shape index (κ1) is 18.1. The highest BCUT2D eigenvalue weighted by atomic mass is 16.7. The number of carbonyl (C=O) groups is 1. The van der Waals surface area contributed by atoms with Crippen molar-refractivity contribution in [2.24, 2.45) is 0 Å². The molecule has 1 aromatic rings. The van der Waals surface area contributed by atoms with Gasteiger partial charge in [-0.15, -0.1) is 0 Å². The smallest absolute Gasteiger partial charge is 0.270 e. The van der Waals surface area contributed by atoms with E-state index in [0.717, 1.165) is 50.9 Å². The number of nitrogens with one attached hydrogen (secondary N) is 1. The molecule has 7 nitrogen and oxygen atoms in total. The van der Waals surface area contributed by atoms with Crippen LogP contribution in [0, 0.1) is 6.92 Å². The zero-order valence-corrected chi connectivity index (χ0v) is 15.2. The lowest BCUT2D eigenvalue weighted by Crippen LogP contribution is -2.46. The van der Waals surface area contributed by atoms with E-state index in [-0.39, 0.29) is 5.91 Å². The second-order valence-electron chi connectivity index (χ2n) is 6.75. The Hall–Kier alpha value is -1.73. The van der Waals surface area contributed by atoms with Gasteiger partial charge in [-0.2, -0.15) is 0 Å². The summed E-state index contributed by atoms with van der Waals surface area (Å²) in [5, 5.41) is 2.94. The number of rotatable bonds is 6. The standard InChI is InChI=1S/C18H28N4O3/c1-3-4-5-8-19-16(23)15-13-14(2)20-17(21-15)22-9-6-18(7-10-22)24-11-12-25-18/h13H,3-12H2,1-2H3,(H,19,23). The maximum absolute atomic E-state index is 12.3. The molecular formula is C18H28N4O3. The van der Waals surface area contributed by atoms with Crippen LogP contribution in [0.25, 0.3) is 0 Å². The summed E-state index contributed by atoms with van der Waals surface area (Å²) in [6.07, 6.45) is 4.84. The Labute approximate surface area is 149 Å². The first-order valence-corrected chi connectivity index (χ1v) is 9.29. The third-order valence-electron chi connectivity index (χ3n) is 4.76. The van der Waals surface area contributed by atoms with Crippen molar-refractivity contribution in [3.05, 3.63) is 17.5 Å². The quantitative estimate of drug-likeness (QED) is 0.793. The lowest BCUT2D eigenvalue weighted by molar-refractivity contribution is -0.169. The minimum Gasteiger partial charge on any atom is -0.351 e. The fraction of sp³-hybridized carbons (Fsp3) is 0.722. The molecule has 1 aromatic heterocycles. The molecule has 0 aromatic carbocycles. The molecular weight excluding hydrogens is 320 g/mol. The van der Waals surface area contributed by atoms with Gasteiger partial charge in [0.1, 0.15) is 5.69 Å². The van der Waals surface area contributed by atoms with Crippen LogP contribution in [0.15, 0.2) is 6.07 Å². The van der Waals surface area contributed by atoms with E-state index in [0.29, 0.717) is 31.4 Å². The molecule has 2 saturated heterocycles. The molecule has 2 fully saturated rings. The Morgan fingerprint density at radius 3 is 2.64 bits per heavy atom. The molecule has 3 heterocycles. The number of ether oxygens (including phenoxy) is 2. The monoisotopic (exact) mass is 348 g/mol. The maximum atomic E-state index is 12.3. The highest BCUT2D eigenvalue weighted by molar-refractivity contribution is 5.92. The van der Waals surface area contributed by atoms with E-state index in [1.165, 1.54) is 0 Å². The van der Waals surface area contributed by atoms with Crippen LogP contribution in [0.4, 0.5) is 5.95 Å². The normalized spacial score (nSPS) is 19.4. The van der Waals surface area contributed by atoms with Crippen molar-refractivity contribution < 1.29 is 14.3 Å². The SMILES string of the molecule is CCCCCNC(=O)c1cc(C)nc(N2CCC3(CC2)OCCO3)n1. The van der Waals surface area contributed by atoms with Gasteiger partial charge in [-0.1, -0.05) is 19.8 Å². The Kier molecular flexibility index (Phi) is 5.86. The summed E-state index contributed by atoms with van der Waals surface area (Å²) < 4.78 is 11.5. The van der Waals surface area contributed by atoms with Gasteiger partial charge in [-0.25, -0.2) is 9.97 Å². The first-order chi connectivity index (χ1) is 12.1. The summed E-state index contributed by atoms with van der Waals surface area (Å²) in [5.74, 6) is 0.0742. The molecule has 0 unspecified atom stereocenters. The average Bonchev–Trinajstić information content (AvgIpc) is 3.06. The molecule has 0 bridgehead atoms. The van der Waals surface area contributed by atoms with Gasteiger partial charge in [0.05, 0.1) is 13.2 Å². The molecule has 1 amide bonds. The third kappa shape index (κ3) is 4.46. The van der Waals surface area contributed by atoms with E-state index in [2.05, 4.69) is 27.1 Å². The van der Waals surface area contributed by atoms with Crippen LogP contribution in [0.3, 0.4) is 0 Å². The maximum Gasteiger partial charge on any atom is 0.270 e. The number of anilines is 1. The number of piperidine rings is 1. The van der Waals surface area contributed by atoms with Crippen molar-refractivity contribution >= 4 is 11.9 Å². The van der Waals surface area contributed by atoms with Crippen LogP contribution >= 0.6 is 0 Å². The van der Waals surface area contributed by atoms with Gasteiger partial charge in [-0.05, 0) is 19.4 Å². The zero-order chi connectivity index (χ0) is 17.7. The minimum atomic E-state index is -0.417. The van der Waals surface area contributed by atoms with E-state index < -0.39 is 5.79 Å². The van der Waals surface area contributed by atoms with Gasteiger partial charge in [-0.3, -0.25) is 4.79 Å². The number of amides is 1. The van der Waals surface area contributed by atoms with Crippen LogP contribution in [-0.2, 0) is 9.47 Å². The molecule has 0 atom stereocenters. The lowest BCUT2D eigenvalue weighted by atomic mass is 10.0.